The number of nitrogens with one attached hydrogen (secondary N) is 2. The van der Waals surface area contributed by atoms with Crippen molar-refractivity contribution < 1.29 is 19.1 Å². The van der Waals surface area contributed by atoms with Gasteiger partial charge >= 0.3 is 0 Å². The average molecular weight is 504 g/mol. The first kappa shape index (κ1) is 24.1. The van der Waals surface area contributed by atoms with Crippen LogP contribution in [0.25, 0.3) is 10.2 Å². The van der Waals surface area contributed by atoms with E-state index < -0.39 is 5.92 Å². The van der Waals surface area contributed by atoms with E-state index in [1.807, 2.05) is 49.4 Å². The van der Waals surface area contributed by atoms with Crippen molar-refractivity contribution in [2.24, 2.45) is 5.41 Å². The molecule has 7 nitrogen and oxygen atoms in total. The van der Waals surface area contributed by atoms with Crippen LogP contribution in [0, 0.1) is 5.41 Å². The van der Waals surface area contributed by atoms with E-state index in [-0.39, 0.29) is 17.1 Å². The summed E-state index contributed by atoms with van der Waals surface area (Å²) in [4.78, 5) is 32.0. The maximum atomic E-state index is 13.9. The van der Waals surface area contributed by atoms with E-state index in [9.17, 15) is 9.59 Å². The first-order chi connectivity index (χ1) is 17.2. The minimum absolute atomic E-state index is 0.0291. The highest BCUT2D eigenvalue weighted by Gasteiger charge is 2.44. The number of ketones is 1. The van der Waals surface area contributed by atoms with Gasteiger partial charge in [0.15, 0.2) is 22.4 Å². The second-order valence-electron chi connectivity index (χ2n) is 9.95. The Bertz CT molecular complexity index is 1420. The van der Waals surface area contributed by atoms with E-state index in [4.69, 9.17) is 9.47 Å². The first-order valence-electron chi connectivity index (χ1n) is 11.8. The van der Waals surface area contributed by atoms with Crippen LogP contribution in [0.2, 0.25) is 0 Å². The summed E-state index contributed by atoms with van der Waals surface area (Å²) in [6, 6.07) is 13.3. The Kier molecular flexibility index (Phi) is 6.08. The van der Waals surface area contributed by atoms with E-state index in [1.165, 1.54) is 11.3 Å². The molecule has 0 radical (unpaired) electrons. The number of carbonyl (C=O) groups excluding carboxylic acids is 2. The second-order valence-corrected chi connectivity index (χ2v) is 11.0. The zero-order chi connectivity index (χ0) is 25.6. The molecular formula is C28H29N3O4S. The van der Waals surface area contributed by atoms with Gasteiger partial charge in [-0.3, -0.25) is 14.9 Å². The number of nitrogens with zero attached hydrogens (tertiary/aromatic N) is 1. The van der Waals surface area contributed by atoms with E-state index in [1.54, 1.807) is 14.2 Å². The molecule has 2 N–H and O–H groups in total. The predicted octanol–water partition coefficient (Wildman–Crippen LogP) is 5.56. The fraction of sp³-hybridized carbons (Fsp3) is 0.321. The number of allylic oxidation sites excluding steroid dienone is 3. The number of Topliss-reactive ketones (excluding diaryl/α,β-unsaturated/α-hetero) is 1. The molecule has 1 atom stereocenters. The Morgan fingerprint density at radius 1 is 1.11 bits per heavy atom. The van der Waals surface area contributed by atoms with Crippen LogP contribution >= 0.6 is 11.3 Å². The summed E-state index contributed by atoms with van der Waals surface area (Å²) in [7, 11) is 3.14. The third-order valence-electron chi connectivity index (χ3n) is 6.74. The molecule has 0 unspecified atom stereocenters. The van der Waals surface area contributed by atoms with Gasteiger partial charge in [0, 0.05) is 34.5 Å². The molecule has 0 saturated heterocycles. The Labute approximate surface area is 214 Å². The highest BCUT2D eigenvalue weighted by Crippen LogP contribution is 2.50. The molecule has 2 aromatic carbocycles. The number of ether oxygens (including phenoxy) is 2. The average Bonchev–Trinajstić information content (AvgIpc) is 3.23. The zero-order valence-corrected chi connectivity index (χ0v) is 21.8. The standard InChI is InChI=1S/C28H29N3O4S/c1-15-22(26(33)31-27-30-17-10-6-7-12-21(17)36-27)23(16-9-8-11-20(34-4)25(16)35-5)24-18(29-15)13-28(2,3)14-19(24)32/h6-12,23,29H,13-14H2,1-5H3,(H,30,31,33)/t23-/m0/s1. The fourth-order valence-corrected chi connectivity index (χ4v) is 6.14. The highest BCUT2D eigenvalue weighted by atomic mass is 32.1. The lowest BCUT2D eigenvalue weighted by molar-refractivity contribution is -0.118. The number of carbonyl (C=O) groups is 2. The largest absolute Gasteiger partial charge is 0.493 e. The van der Waals surface area contributed by atoms with Gasteiger partial charge in [-0.15, -0.1) is 0 Å². The van der Waals surface area contributed by atoms with Crippen LogP contribution < -0.4 is 20.1 Å². The van der Waals surface area contributed by atoms with Crippen molar-refractivity contribution in [2.45, 2.75) is 39.5 Å². The normalized spacial score (nSPS) is 19.1. The number of thiazole rings is 1. The molecule has 0 fully saturated rings. The lowest BCUT2D eigenvalue weighted by atomic mass is 9.68. The molecule has 2 heterocycles. The van der Waals surface area contributed by atoms with Crippen molar-refractivity contribution >= 4 is 38.4 Å². The Balaban J connectivity index is 1.64. The van der Waals surface area contributed by atoms with Gasteiger partial charge in [0.2, 0.25) is 0 Å². The first-order valence-corrected chi connectivity index (χ1v) is 12.7. The molecule has 36 heavy (non-hydrogen) atoms. The summed E-state index contributed by atoms with van der Waals surface area (Å²) in [5, 5.41) is 6.90. The number of hydrogen-bond donors (Lipinski definition) is 2. The Morgan fingerprint density at radius 3 is 2.61 bits per heavy atom. The van der Waals surface area contributed by atoms with Crippen molar-refractivity contribution in [2.75, 3.05) is 19.5 Å². The topological polar surface area (TPSA) is 89.5 Å². The van der Waals surface area contributed by atoms with Crippen LogP contribution in [0.1, 0.15) is 45.1 Å². The van der Waals surface area contributed by atoms with Crippen LogP contribution in [0.3, 0.4) is 0 Å². The highest BCUT2D eigenvalue weighted by molar-refractivity contribution is 7.22. The summed E-state index contributed by atoms with van der Waals surface area (Å²) in [5.74, 6) is 0.168. The number of methoxy groups -OCH3 is 2. The van der Waals surface area contributed by atoms with Crippen molar-refractivity contribution in [3.63, 3.8) is 0 Å². The smallest absolute Gasteiger partial charge is 0.256 e. The SMILES string of the molecule is COc1cccc([C@H]2C(C(=O)Nc3nc4ccccc4s3)=C(C)NC3=C2C(=O)CC(C)(C)C3)c1OC. The number of aromatic nitrogens is 1. The van der Waals surface area contributed by atoms with Gasteiger partial charge < -0.3 is 14.8 Å². The van der Waals surface area contributed by atoms with Crippen LogP contribution in [0.5, 0.6) is 11.5 Å². The fourth-order valence-electron chi connectivity index (χ4n) is 5.28. The van der Waals surface area contributed by atoms with E-state index in [0.29, 0.717) is 51.9 Å². The van der Waals surface area contributed by atoms with Crippen LogP contribution in [0.15, 0.2) is 65.0 Å². The van der Waals surface area contributed by atoms with Gasteiger partial charge in [0.1, 0.15) is 0 Å². The van der Waals surface area contributed by atoms with Gasteiger partial charge in [-0.05, 0) is 37.0 Å². The number of para-hydroxylation sites is 2. The van der Waals surface area contributed by atoms with Crippen molar-refractivity contribution in [1.29, 1.82) is 0 Å². The molecule has 1 aliphatic carbocycles. The molecule has 0 spiro atoms. The summed E-state index contributed by atoms with van der Waals surface area (Å²) in [6.07, 6.45) is 1.11. The molecule has 5 rings (SSSR count). The van der Waals surface area contributed by atoms with Crippen molar-refractivity contribution in [1.82, 2.24) is 10.3 Å². The lowest BCUT2D eigenvalue weighted by Crippen LogP contribution is -2.39. The predicted molar refractivity (Wildman–Crippen MR) is 141 cm³/mol. The van der Waals surface area contributed by atoms with Gasteiger partial charge in [-0.25, -0.2) is 4.98 Å². The summed E-state index contributed by atoms with van der Waals surface area (Å²) < 4.78 is 12.3. The maximum absolute atomic E-state index is 13.9. The second kappa shape index (κ2) is 9.09. The molecule has 8 heteroatoms. The number of rotatable bonds is 5. The number of amides is 1. The molecule has 186 valence electrons. The third kappa shape index (κ3) is 4.15. The molecule has 3 aromatic rings. The summed E-state index contributed by atoms with van der Waals surface area (Å²) in [6.45, 7) is 6.06. The Hall–Kier alpha value is -3.65. The number of dihydropyridines is 1. The number of benzene rings is 2. The maximum Gasteiger partial charge on any atom is 0.256 e. The molecule has 0 bridgehead atoms. The molecule has 1 amide bonds. The van der Waals surface area contributed by atoms with Gasteiger partial charge in [-0.2, -0.15) is 0 Å². The molecule has 1 aliphatic heterocycles. The van der Waals surface area contributed by atoms with E-state index >= 15 is 0 Å². The molecule has 0 saturated carbocycles. The van der Waals surface area contributed by atoms with Crippen molar-refractivity contribution in [3.05, 3.63) is 70.6 Å². The minimum Gasteiger partial charge on any atom is -0.493 e. The van der Waals surface area contributed by atoms with E-state index in [0.717, 1.165) is 15.9 Å². The van der Waals surface area contributed by atoms with E-state index in [2.05, 4.69) is 29.5 Å². The van der Waals surface area contributed by atoms with Crippen LogP contribution in [0.4, 0.5) is 5.13 Å². The third-order valence-corrected chi connectivity index (χ3v) is 7.69. The van der Waals surface area contributed by atoms with Gasteiger partial charge in [-0.1, -0.05) is 49.4 Å². The quantitative estimate of drug-likeness (QED) is 0.474. The minimum atomic E-state index is -0.607. The number of fused-ring (bicyclic) bond motifs is 1. The monoisotopic (exact) mass is 503 g/mol. The summed E-state index contributed by atoms with van der Waals surface area (Å²) in [5.41, 5.74) is 4.01. The van der Waals surface area contributed by atoms with Gasteiger partial charge in [0.05, 0.1) is 30.4 Å². The number of hydrogen-bond acceptors (Lipinski definition) is 7. The van der Waals surface area contributed by atoms with Crippen LogP contribution in [-0.4, -0.2) is 30.9 Å². The summed E-state index contributed by atoms with van der Waals surface area (Å²) >= 11 is 1.41. The Morgan fingerprint density at radius 2 is 1.89 bits per heavy atom. The molecule has 1 aromatic heterocycles. The molecular weight excluding hydrogens is 474 g/mol. The van der Waals surface area contributed by atoms with Crippen molar-refractivity contribution in [3.8, 4) is 11.5 Å². The lowest BCUT2D eigenvalue weighted by Gasteiger charge is -2.40. The van der Waals surface area contributed by atoms with Gasteiger partial charge in [0.25, 0.3) is 5.91 Å². The number of anilines is 1. The zero-order valence-electron chi connectivity index (χ0n) is 21.0. The van der Waals surface area contributed by atoms with Crippen LogP contribution in [-0.2, 0) is 9.59 Å². The molecule has 2 aliphatic rings.